The Balaban J connectivity index is 2.65. The van der Waals surface area contributed by atoms with Crippen molar-refractivity contribution in [2.75, 3.05) is 5.32 Å². The predicted molar refractivity (Wildman–Crippen MR) is 74.2 cm³/mol. The number of nitrogens with one attached hydrogen (secondary N) is 2. The monoisotopic (exact) mass is 282 g/mol. The summed E-state index contributed by atoms with van der Waals surface area (Å²) in [7, 11) is 0. The number of urea groups is 1. The zero-order valence-electron chi connectivity index (χ0n) is 11.8. The molecule has 0 aliphatic rings. The summed E-state index contributed by atoms with van der Waals surface area (Å²) < 4.78 is 13.6. The number of amides is 2. The van der Waals surface area contributed by atoms with E-state index < -0.39 is 23.4 Å². The second-order valence-corrected chi connectivity index (χ2v) is 5.29. The number of aryl methyl sites for hydroxylation is 1. The van der Waals surface area contributed by atoms with Gasteiger partial charge in [-0.25, -0.2) is 9.18 Å². The van der Waals surface area contributed by atoms with Crippen LogP contribution in [0.1, 0.15) is 32.3 Å². The molecule has 1 aromatic rings. The van der Waals surface area contributed by atoms with Crippen molar-refractivity contribution in [3.8, 4) is 0 Å². The van der Waals surface area contributed by atoms with Crippen molar-refractivity contribution in [3.05, 3.63) is 29.6 Å². The highest BCUT2D eigenvalue weighted by Crippen LogP contribution is 2.19. The summed E-state index contributed by atoms with van der Waals surface area (Å²) in [5.41, 5.74) is 0.0456. The lowest BCUT2D eigenvalue weighted by molar-refractivity contribution is -0.137. The minimum absolute atomic E-state index is 0.0496. The van der Waals surface area contributed by atoms with Crippen molar-refractivity contribution in [3.63, 3.8) is 0 Å². The number of carbonyl (C=O) groups excluding carboxylic acids is 1. The molecule has 0 saturated carbocycles. The van der Waals surface area contributed by atoms with Crippen LogP contribution in [0.25, 0.3) is 0 Å². The molecule has 0 aliphatic carbocycles. The van der Waals surface area contributed by atoms with Crippen molar-refractivity contribution in [1.82, 2.24) is 5.32 Å². The maximum atomic E-state index is 13.6. The van der Waals surface area contributed by atoms with Gasteiger partial charge in [-0.3, -0.25) is 4.79 Å². The summed E-state index contributed by atoms with van der Waals surface area (Å²) in [5, 5.41) is 13.7. The van der Waals surface area contributed by atoms with E-state index in [4.69, 9.17) is 5.11 Å². The fourth-order valence-corrected chi connectivity index (χ4v) is 1.72. The lowest BCUT2D eigenvalue weighted by Crippen LogP contribution is -2.46. The Morgan fingerprint density at radius 2 is 2.00 bits per heavy atom. The number of para-hydroxylation sites is 1. The van der Waals surface area contributed by atoms with Crippen LogP contribution in [0.4, 0.5) is 14.9 Å². The molecule has 3 N–H and O–H groups in total. The number of hydrogen-bond donors (Lipinski definition) is 3. The number of rotatable bonds is 5. The van der Waals surface area contributed by atoms with E-state index in [0.717, 1.165) is 0 Å². The Kier molecular flexibility index (Phi) is 5.07. The van der Waals surface area contributed by atoms with Gasteiger partial charge in [-0.1, -0.05) is 12.1 Å². The molecule has 0 saturated heterocycles. The van der Waals surface area contributed by atoms with Crippen molar-refractivity contribution in [2.45, 2.75) is 39.2 Å². The summed E-state index contributed by atoms with van der Waals surface area (Å²) >= 11 is 0. The summed E-state index contributed by atoms with van der Waals surface area (Å²) in [6.45, 7) is 5.11. The van der Waals surface area contributed by atoms with Crippen molar-refractivity contribution in [2.24, 2.45) is 0 Å². The predicted octanol–water partition coefficient (Wildman–Crippen LogP) is 2.90. The maximum absolute atomic E-state index is 13.6. The molecule has 0 fully saturated rings. The van der Waals surface area contributed by atoms with E-state index in [1.807, 2.05) is 0 Å². The highest BCUT2D eigenvalue weighted by Gasteiger charge is 2.22. The molecule has 5 nitrogen and oxygen atoms in total. The van der Waals surface area contributed by atoms with Crippen LogP contribution < -0.4 is 10.6 Å². The minimum atomic E-state index is -0.926. The van der Waals surface area contributed by atoms with Gasteiger partial charge < -0.3 is 15.7 Å². The van der Waals surface area contributed by atoms with Crippen molar-refractivity contribution < 1.29 is 19.1 Å². The smallest absolute Gasteiger partial charge is 0.319 e. The Bertz CT molecular complexity index is 495. The molecule has 0 aromatic heterocycles. The van der Waals surface area contributed by atoms with Gasteiger partial charge in [0, 0.05) is 12.0 Å². The molecule has 0 radical (unpaired) electrons. The molecule has 0 atom stereocenters. The molecule has 0 aliphatic heterocycles. The van der Waals surface area contributed by atoms with Crippen LogP contribution in [0.15, 0.2) is 18.2 Å². The lowest BCUT2D eigenvalue weighted by Gasteiger charge is -2.26. The molecular formula is C14H19FN2O3. The Hall–Kier alpha value is -2.11. The molecule has 0 spiro atoms. The highest BCUT2D eigenvalue weighted by atomic mass is 19.1. The number of carbonyl (C=O) groups is 2. The quantitative estimate of drug-likeness (QED) is 0.777. The van der Waals surface area contributed by atoms with Crippen LogP contribution in [0, 0.1) is 12.7 Å². The normalized spacial score (nSPS) is 11.0. The molecule has 1 rings (SSSR count). The first-order valence-electron chi connectivity index (χ1n) is 6.27. The van der Waals surface area contributed by atoms with E-state index in [9.17, 15) is 14.0 Å². The number of hydrogen-bond acceptors (Lipinski definition) is 2. The van der Waals surface area contributed by atoms with E-state index in [1.165, 1.54) is 6.07 Å². The van der Waals surface area contributed by atoms with Gasteiger partial charge in [0.25, 0.3) is 0 Å². The van der Waals surface area contributed by atoms with Crippen LogP contribution in [-0.2, 0) is 4.79 Å². The molecule has 0 bridgehead atoms. The summed E-state index contributed by atoms with van der Waals surface area (Å²) in [5.74, 6) is -1.44. The summed E-state index contributed by atoms with van der Waals surface area (Å²) in [6, 6.07) is 3.95. The van der Waals surface area contributed by atoms with Crippen LogP contribution in [-0.4, -0.2) is 22.6 Å². The topological polar surface area (TPSA) is 78.4 Å². The third kappa shape index (κ3) is 4.87. The average molecular weight is 282 g/mol. The van der Waals surface area contributed by atoms with Gasteiger partial charge in [0.1, 0.15) is 5.82 Å². The standard InChI is InChI=1S/C14H19FN2O3/c1-9-5-4-6-10(15)12(9)16-13(20)17-14(2,3)8-7-11(18)19/h4-6H,7-8H2,1-3H3,(H,18,19)(H2,16,17,20). The molecule has 110 valence electrons. The van der Waals surface area contributed by atoms with Gasteiger partial charge in [-0.2, -0.15) is 0 Å². The molecule has 0 heterocycles. The van der Waals surface area contributed by atoms with Gasteiger partial charge in [0.05, 0.1) is 5.69 Å². The van der Waals surface area contributed by atoms with Crippen LogP contribution in [0.2, 0.25) is 0 Å². The molecule has 2 amide bonds. The van der Waals surface area contributed by atoms with E-state index in [0.29, 0.717) is 5.56 Å². The number of anilines is 1. The number of carboxylic acids is 1. The highest BCUT2D eigenvalue weighted by molar-refractivity contribution is 5.90. The third-order valence-corrected chi connectivity index (χ3v) is 2.88. The second-order valence-electron chi connectivity index (χ2n) is 5.29. The van der Waals surface area contributed by atoms with E-state index in [-0.39, 0.29) is 18.5 Å². The zero-order valence-corrected chi connectivity index (χ0v) is 11.8. The van der Waals surface area contributed by atoms with Crippen molar-refractivity contribution in [1.29, 1.82) is 0 Å². The fraction of sp³-hybridized carbons (Fsp3) is 0.429. The lowest BCUT2D eigenvalue weighted by atomic mass is 9.99. The maximum Gasteiger partial charge on any atom is 0.319 e. The Morgan fingerprint density at radius 3 is 2.55 bits per heavy atom. The van der Waals surface area contributed by atoms with Gasteiger partial charge in [0.2, 0.25) is 0 Å². The van der Waals surface area contributed by atoms with Gasteiger partial charge >= 0.3 is 12.0 Å². The zero-order chi connectivity index (χ0) is 15.3. The van der Waals surface area contributed by atoms with Gasteiger partial charge in [-0.15, -0.1) is 0 Å². The number of halogens is 1. The first-order chi connectivity index (χ1) is 9.21. The molecule has 6 heteroatoms. The van der Waals surface area contributed by atoms with Crippen molar-refractivity contribution >= 4 is 17.7 Å². The minimum Gasteiger partial charge on any atom is -0.481 e. The van der Waals surface area contributed by atoms with E-state index >= 15 is 0 Å². The van der Waals surface area contributed by atoms with Gasteiger partial charge in [0.15, 0.2) is 0 Å². The first kappa shape index (κ1) is 15.9. The first-order valence-corrected chi connectivity index (χ1v) is 6.27. The number of aliphatic carboxylic acids is 1. The molecular weight excluding hydrogens is 263 g/mol. The Morgan fingerprint density at radius 1 is 1.35 bits per heavy atom. The van der Waals surface area contributed by atoms with Crippen LogP contribution >= 0.6 is 0 Å². The molecule has 1 aromatic carbocycles. The van der Waals surface area contributed by atoms with E-state index in [2.05, 4.69) is 10.6 Å². The number of carboxylic acid groups (broad SMARTS) is 1. The second kappa shape index (κ2) is 6.36. The largest absolute Gasteiger partial charge is 0.481 e. The van der Waals surface area contributed by atoms with Crippen LogP contribution in [0.5, 0.6) is 0 Å². The third-order valence-electron chi connectivity index (χ3n) is 2.88. The van der Waals surface area contributed by atoms with Gasteiger partial charge in [-0.05, 0) is 38.8 Å². The fourth-order valence-electron chi connectivity index (χ4n) is 1.72. The summed E-state index contributed by atoms with van der Waals surface area (Å²) in [6.07, 6.45) is 0.234. The Labute approximate surface area is 117 Å². The SMILES string of the molecule is Cc1cccc(F)c1NC(=O)NC(C)(C)CCC(=O)O. The molecule has 20 heavy (non-hydrogen) atoms. The summed E-state index contributed by atoms with van der Waals surface area (Å²) in [4.78, 5) is 22.4. The number of benzene rings is 1. The average Bonchev–Trinajstić information content (AvgIpc) is 2.31. The van der Waals surface area contributed by atoms with Crippen LogP contribution in [0.3, 0.4) is 0 Å². The molecule has 0 unspecified atom stereocenters. The van der Waals surface area contributed by atoms with E-state index in [1.54, 1.807) is 32.9 Å².